The monoisotopic (exact) mass is 396 g/mol. The van der Waals surface area contributed by atoms with Crippen LogP contribution in [0.5, 0.6) is 0 Å². The summed E-state index contributed by atoms with van der Waals surface area (Å²) in [4.78, 5) is 12.8. The Kier molecular flexibility index (Phi) is 5.67. The molecule has 162 valence electrons. The molecule has 1 heteroatoms. The van der Waals surface area contributed by atoms with E-state index in [1.54, 1.807) is 5.57 Å². The third-order valence-electron chi connectivity index (χ3n) is 10.4. The average Bonchev–Trinajstić information content (AvgIpc) is 3.04. The second kappa shape index (κ2) is 7.69. The Morgan fingerprint density at radius 3 is 2.55 bits per heavy atom. The topological polar surface area (TPSA) is 17.1 Å². The van der Waals surface area contributed by atoms with Crippen LogP contribution in [-0.2, 0) is 4.79 Å². The lowest BCUT2D eigenvalue weighted by Gasteiger charge is -2.56. The van der Waals surface area contributed by atoms with Crippen molar-refractivity contribution in [2.24, 2.45) is 52.3 Å². The first kappa shape index (κ1) is 21.4. The van der Waals surface area contributed by atoms with Crippen LogP contribution in [0.15, 0.2) is 23.8 Å². The van der Waals surface area contributed by atoms with Crippen molar-refractivity contribution in [2.75, 3.05) is 0 Å². The molecule has 0 radical (unpaired) electrons. The molecule has 0 N–H and O–H groups in total. The van der Waals surface area contributed by atoms with E-state index in [9.17, 15) is 4.79 Å². The van der Waals surface area contributed by atoms with Gasteiger partial charge in [0.2, 0.25) is 0 Å². The first-order chi connectivity index (χ1) is 13.7. The molecule has 0 aromatic carbocycles. The summed E-state index contributed by atoms with van der Waals surface area (Å²) in [6.45, 7) is 14.1. The maximum atomic E-state index is 12.8. The SMILES string of the molecule is CC(C)[C@@H](C)C(=O)C[C@@H](C)[C@H]1CC[C@H]2[C@@H]3C=CC4=CCCC[C@]4(C)[C@H]3CC[C@]12C. The summed E-state index contributed by atoms with van der Waals surface area (Å²) in [5, 5.41) is 0. The molecule has 1 nitrogen and oxygen atoms in total. The molecule has 0 spiro atoms. The predicted molar refractivity (Wildman–Crippen MR) is 123 cm³/mol. The number of Topliss-reactive ketones (excluding diaryl/α,β-unsaturated/α-hetero) is 1. The standard InChI is InChI=1S/C28H44O/c1-18(2)20(4)26(29)17-19(3)23-12-13-24-22-11-10-21-9-7-8-15-27(21,5)25(22)14-16-28(23,24)6/h9-11,18-20,22-25H,7-8,12-17H2,1-6H3/t19-,20-,22+,23-,24+,25+,27+,28-/m1/s1. The van der Waals surface area contributed by atoms with E-state index < -0.39 is 0 Å². The fourth-order valence-corrected chi connectivity index (χ4v) is 8.18. The summed E-state index contributed by atoms with van der Waals surface area (Å²) in [6.07, 6.45) is 17.9. The molecule has 4 rings (SSSR count). The van der Waals surface area contributed by atoms with Crippen molar-refractivity contribution in [1.29, 1.82) is 0 Å². The van der Waals surface area contributed by atoms with Crippen molar-refractivity contribution in [3.05, 3.63) is 23.8 Å². The fourth-order valence-electron chi connectivity index (χ4n) is 8.18. The van der Waals surface area contributed by atoms with Gasteiger partial charge in [0.25, 0.3) is 0 Å². The summed E-state index contributed by atoms with van der Waals surface area (Å²) >= 11 is 0. The van der Waals surface area contributed by atoms with Crippen molar-refractivity contribution in [2.45, 2.75) is 92.9 Å². The summed E-state index contributed by atoms with van der Waals surface area (Å²) < 4.78 is 0. The van der Waals surface area contributed by atoms with E-state index in [1.165, 1.54) is 44.9 Å². The highest BCUT2D eigenvalue weighted by Crippen LogP contribution is 2.66. The Hall–Kier alpha value is -0.850. The number of hydrogen-bond donors (Lipinski definition) is 0. The lowest BCUT2D eigenvalue weighted by Crippen LogP contribution is -2.49. The average molecular weight is 397 g/mol. The van der Waals surface area contributed by atoms with E-state index in [-0.39, 0.29) is 5.92 Å². The van der Waals surface area contributed by atoms with Crippen LogP contribution >= 0.6 is 0 Å². The number of carbonyl (C=O) groups excluding carboxylic acids is 1. The van der Waals surface area contributed by atoms with Crippen LogP contribution in [0, 0.1) is 52.3 Å². The molecule has 0 heterocycles. The van der Waals surface area contributed by atoms with Gasteiger partial charge >= 0.3 is 0 Å². The normalized spacial score (nSPS) is 43.2. The maximum Gasteiger partial charge on any atom is 0.136 e. The van der Waals surface area contributed by atoms with Crippen LogP contribution < -0.4 is 0 Å². The van der Waals surface area contributed by atoms with Crippen LogP contribution in [-0.4, -0.2) is 5.78 Å². The van der Waals surface area contributed by atoms with Gasteiger partial charge in [0, 0.05) is 12.3 Å². The summed E-state index contributed by atoms with van der Waals surface area (Å²) in [5.41, 5.74) is 2.49. The van der Waals surface area contributed by atoms with E-state index in [0.29, 0.717) is 28.4 Å². The van der Waals surface area contributed by atoms with Gasteiger partial charge in [0.1, 0.15) is 5.78 Å². The van der Waals surface area contributed by atoms with Crippen LogP contribution in [0.4, 0.5) is 0 Å². The Labute approximate surface area is 179 Å². The van der Waals surface area contributed by atoms with Crippen LogP contribution in [0.25, 0.3) is 0 Å². The zero-order valence-corrected chi connectivity index (χ0v) is 19.8. The van der Waals surface area contributed by atoms with Crippen molar-refractivity contribution < 1.29 is 4.79 Å². The molecule has 0 saturated heterocycles. The molecular formula is C28H44O. The Morgan fingerprint density at radius 2 is 1.83 bits per heavy atom. The predicted octanol–water partition coefficient (Wildman–Crippen LogP) is 7.62. The molecule has 0 unspecified atom stereocenters. The molecule has 0 aromatic rings. The molecule has 4 aliphatic rings. The fraction of sp³-hybridized carbons (Fsp3) is 0.821. The zero-order valence-electron chi connectivity index (χ0n) is 19.8. The van der Waals surface area contributed by atoms with E-state index in [4.69, 9.17) is 0 Å². The highest BCUT2D eigenvalue weighted by atomic mass is 16.1. The van der Waals surface area contributed by atoms with Gasteiger partial charge in [-0.25, -0.2) is 0 Å². The number of allylic oxidation sites excluding steroid dienone is 4. The Balaban J connectivity index is 1.53. The van der Waals surface area contributed by atoms with Crippen molar-refractivity contribution in [1.82, 2.24) is 0 Å². The first-order valence-corrected chi connectivity index (χ1v) is 12.6. The largest absolute Gasteiger partial charge is 0.299 e. The van der Waals surface area contributed by atoms with E-state index in [0.717, 1.165) is 30.1 Å². The maximum absolute atomic E-state index is 12.8. The Morgan fingerprint density at radius 1 is 1.07 bits per heavy atom. The minimum Gasteiger partial charge on any atom is -0.299 e. The molecule has 0 bridgehead atoms. The molecule has 8 atom stereocenters. The highest BCUT2D eigenvalue weighted by Gasteiger charge is 2.58. The first-order valence-electron chi connectivity index (χ1n) is 12.6. The molecule has 0 aliphatic heterocycles. The van der Waals surface area contributed by atoms with Gasteiger partial charge in [0.05, 0.1) is 0 Å². The van der Waals surface area contributed by atoms with Gasteiger partial charge in [-0.15, -0.1) is 0 Å². The minimum atomic E-state index is 0.205. The number of carbonyl (C=O) groups is 1. The van der Waals surface area contributed by atoms with E-state index >= 15 is 0 Å². The second-order valence-electron chi connectivity index (χ2n) is 12.0. The quantitative estimate of drug-likeness (QED) is 0.467. The lowest BCUT2D eigenvalue weighted by molar-refractivity contribution is -0.125. The smallest absolute Gasteiger partial charge is 0.136 e. The number of hydrogen-bond acceptors (Lipinski definition) is 1. The third kappa shape index (κ3) is 3.39. The van der Waals surface area contributed by atoms with Crippen molar-refractivity contribution in [3.63, 3.8) is 0 Å². The summed E-state index contributed by atoms with van der Waals surface area (Å²) in [7, 11) is 0. The van der Waals surface area contributed by atoms with E-state index in [2.05, 4.69) is 59.8 Å². The van der Waals surface area contributed by atoms with Crippen LogP contribution in [0.2, 0.25) is 0 Å². The van der Waals surface area contributed by atoms with Gasteiger partial charge in [-0.1, -0.05) is 59.8 Å². The number of ketones is 1. The molecule has 29 heavy (non-hydrogen) atoms. The van der Waals surface area contributed by atoms with Gasteiger partial charge in [-0.3, -0.25) is 4.79 Å². The highest BCUT2D eigenvalue weighted by molar-refractivity contribution is 5.81. The van der Waals surface area contributed by atoms with Crippen molar-refractivity contribution >= 4 is 5.78 Å². The molecular weight excluding hydrogens is 352 g/mol. The molecule has 0 amide bonds. The molecule has 2 saturated carbocycles. The van der Waals surface area contributed by atoms with Crippen LogP contribution in [0.3, 0.4) is 0 Å². The summed E-state index contributed by atoms with van der Waals surface area (Å²) in [5.74, 6) is 4.84. The molecule has 4 aliphatic carbocycles. The van der Waals surface area contributed by atoms with Gasteiger partial charge in [-0.2, -0.15) is 0 Å². The number of rotatable bonds is 5. The second-order valence-corrected chi connectivity index (χ2v) is 12.0. The van der Waals surface area contributed by atoms with Gasteiger partial charge < -0.3 is 0 Å². The van der Waals surface area contributed by atoms with Gasteiger partial charge in [0.15, 0.2) is 0 Å². The van der Waals surface area contributed by atoms with E-state index in [1.807, 2.05) is 0 Å². The zero-order chi connectivity index (χ0) is 21.0. The lowest BCUT2D eigenvalue weighted by atomic mass is 9.48. The summed E-state index contributed by atoms with van der Waals surface area (Å²) in [6, 6.07) is 0. The molecule has 2 fully saturated rings. The number of fused-ring (bicyclic) bond motifs is 5. The third-order valence-corrected chi connectivity index (χ3v) is 10.4. The molecule has 0 aromatic heterocycles. The minimum absolute atomic E-state index is 0.205. The van der Waals surface area contributed by atoms with Crippen LogP contribution in [0.1, 0.15) is 92.9 Å². The van der Waals surface area contributed by atoms with Gasteiger partial charge in [-0.05, 0) is 96.9 Å². The van der Waals surface area contributed by atoms with Crippen molar-refractivity contribution in [3.8, 4) is 0 Å². The Bertz CT molecular complexity index is 699.